The molecule has 0 aromatic carbocycles. The van der Waals surface area contributed by atoms with Crippen LogP contribution in [0, 0.1) is 5.92 Å². The number of rotatable bonds is 1. The van der Waals surface area contributed by atoms with Crippen LogP contribution in [0.2, 0.25) is 0 Å². The van der Waals surface area contributed by atoms with Gasteiger partial charge in [0.15, 0.2) is 5.65 Å². The number of fused-ring (bicyclic) bond motifs is 1. The second-order valence-electron chi connectivity index (χ2n) is 5.36. The van der Waals surface area contributed by atoms with Crippen LogP contribution in [-0.4, -0.2) is 38.9 Å². The normalized spacial score (nSPS) is 23.8. The van der Waals surface area contributed by atoms with E-state index in [9.17, 15) is 13.2 Å². The summed E-state index contributed by atoms with van der Waals surface area (Å²) in [5.41, 5.74) is 6.09. The molecule has 6 nitrogen and oxygen atoms in total. The summed E-state index contributed by atoms with van der Waals surface area (Å²) in [6, 6.07) is 3.11. The maximum absolute atomic E-state index is 12.8. The lowest BCUT2D eigenvalue weighted by molar-refractivity contribution is -0.146. The summed E-state index contributed by atoms with van der Waals surface area (Å²) in [5.74, 6) is -0.269. The van der Waals surface area contributed by atoms with E-state index in [1.165, 1.54) is 6.07 Å². The maximum Gasteiger partial charge on any atom is 0.453 e. The van der Waals surface area contributed by atoms with Gasteiger partial charge in [0.05, 0.1) is 0 Å². The smallest absolute Gasteiger partial charge is 0.354 e. The van der Waals surface area contributed by atoms with Crippen molar-refractivity contribution in [1.82, 2.24) is 19.8 Å². The van der Waals surface area contributed by atoms with Crippen molar-refractivity contribution in [2.75, 3.05) is 18.0 Å². The zero-order chi connectivity index (χ0) is 15.2. The van der Waals surface area contributed by atoms with Gasteiger partial charge in [-0.05, 0) is 24.5 Å². The first-order valence-corrected chi connectivity index (χ1v) is 6.66. The van der Waals surface area contributed by atoms with Crippen LogP contribution >= 0.6 is 0 Å². The zero-order valence-electron chi connectivity index (χ0n) is 11.4. The highest BCUT2D eigenvalue weighted by Gasteiger charge is 2.38. The predicted molar refractivity (Wildman–Crippen MR) is 69.8 cm³/mol. The fourth-order valence-electron chi connectivity index (χ4n) is 2.43. The van der Waals surface area contributed by atoms with Crippen LogP contribution in [0.3, 0.4) is 0 Å². The van der Waals surface area contributed by atoms with E-state index < -0.39 is 12.0 Å². The third-order valence-corrected chi connectivity index (χ3v) is 3.84. The quantitative estimate of drug-likeness (QED) is 0.860. The first-order valence-electron chi connectivity index (χ1n) is 6.66. The summed E-state index contributed by atoms with van der Waals surface area (Å²) in [4.78, 5) is 1.89. The molecule has 0 amide bonds. The molecule has 3 rings (SSSR count). The van der Waals surface area contributed by atoms with Gasteiger partial charge in [-0.25, -0.2) is 0 Å². The molecule has 2 aromatic rings. The van der Waals surface area contributed by atoms with Gasteiger partial charge in [-0.2, -0.15) is 17.7 Å². The lowest BCUT2D eigenvalue weighted by Crippen LogP contribution is -2.48. The van der Waals surface area contributed by atoms with E-state index in [1.807, 2.05) is 4.90 Å². The number of aromatic nitrogens is 4. The van der Waals surface area contributed by atoms with E-state index in [1.54, 1.807) is 6.07 Å². The summed E-state index contributed by atoms with van der Waals surface area (Å²) < 4.78 is 39.3. The molecule has 2 N–H and O–H groups in total. The number of nitrogens with zero attached hydrogens (tertiary/aromatic N) is 5. The van der Waals surface area contributed by atoms with Gasteiger partial charge in [-0.15, -0.1) is 15.3 Å². The van der Waals surface area contributed by atoms with Gasteiger partial charge in [0, 0.05) is 19.1 Å². The van der Waals surface area contributed by atoms with Crippen LogP contribution in [-0.2, 0) is 6.18 Å². The largest absolute Gasteiger partial charge is 0.453 e. The van der Waals surface area contributed by atoms with Crippen molar-refractivity contribution in [1.29, 1.82) is 0 Å². The average molecular weight is 300 g/mol. The summed E-state index contributed by atoms with van der Waals surface area (Å²) in [7, 11) is 0. The lowest BCUT2D eigenvalue weighted by atomic mass is 9.94. The van der Waals surface area contributed by atoms with Crippen molar-refractivity contribution >= 4 is 11.5 Å². The number of piperidine rings is 1. The number of hydrogen-bond donors (Lipinski definition) is 1. The summed E-state index contributed by atoms with van der Waals surface area (Å²) >= 11 is 0. The highest BCUT2D eigenvalue weighted by atomic mass is 19.4. The van der Waals surface area contributed by atoms with Crippen molar-refractivity contribution in [3.63, 3.8) is 0 Å². The molecule has 3 heterocycles. The fourth-order valence-corrected chi connectivity index (χ4v) is 2.43. The summed E-state index contributed by atoms with van der Waals surface area (Å²) in [5, 5.41) is 10.7. The third-order valence-electron chi connectivity index (χ3n) is 3.84. The number of halogens is 3. The lowest BCUT2D eigenvalue weighted by Gasteiger charge is -2.35. The van der Waals surface area contributed by atoms with Gasteiger partial charge < -0.3 is 10.6 Å². The Kier molecular flexibility index (Phi) is 3.23. The highest BCUT2D eigenvalue weighted by Crippen LogP contribution is 2.28. The Morgan fingerprint density at radius 2 is 2.05 bits per heavy atom. The van der Waals surface area contributed by atoms with Crippen LogP contribution in [0.5, 0.6) is 0 Å². The third kappa shape index (κ3) is 2.53. The first kappa shape index (κ1) is 14.1. The van der Waals surface area contributed by atoms with Crippen LogP contribution in [0.25, 0.3) is 5.65 Å². The molecule has 2 unspecified atom stereocenters. The standard InChI is InChI=1S/C12H15F3N6/c1-7-4-5-20(6-8(7)16)10-3-2-9-17-18-11(12(13,14)15)21(9)19-10/h2-3,7-8H,4-6,16H2,1H3. The Hall–Kier alpha value is -1.90. The van der Waals surface area contributed by atoms with Gasteiger partial charge in [0.1, 0.15) is 5.82 Å². The van der Waals surface area contributed by atoms with Crippen molar-refractivity contribution < 1.29 is 13.2 Å². The minimum absolute atomic E-state index is 0.0146. The van der Waals surface area contributed by atoms with Crippen LogP contribution in [0.1, 0.15) is 19.2 Å². The Bertz CT molecular complexity index is 652. The Balaban J connectivity index is 1.97. The van der Waals surface area contributed by atoms with Gasteiger partial charge in [-0.1, -0.05) is 6.92 Å². The zero-order valence-corrected chi connectivity index (χ0v) is 11.4. The second kappa shape index (κ2) is 4.83. The molecule has 0 spiro atoms. The first-order chi connectivity index (χ1) is 9.86. The van der Waals surface area contributed by atoms with E-state index in [0.29, 0.717) is 18.3 Å². The molecule has 21 heavy (non-hydrogen) atoms. The van der Waals surface area contributed by atoms with E-state index >= 15 is 0 Å². The molecule has 0 bridgehead atoms. The number of nitrogens with two attached hydrogens (primary N) is 1. The second-order valence-corrected chi connectivity index (χ2v) is 5.36. The number of alkyl halides is 3. The SMILES string of the molecule is CC1CCN(c2ccc3nnc(C(F)(F)F)n3n2)CC1N. The van der Waals surface area contributed by atoms with Crippen LogP contribution in [0.4, 0.5) is 19.0 Å². The number of hydrogen-bond acceptors (Lipinski definition) is 5. The fraction of sp³-hybridized carbons (Fsp3) is 0.583. The molecule has 0 aliphatic carbocycles. The molecule has 9 heteroatoms. The van der Waals surface area contributed by atoms with E-state index in [0.717, 1.165) is 17.5 Å². The minimum Gasteiger partial charge on any atom is -0.354 e. The minimum atomic E-state index is -4.59. The molecule has 1 aliphatic rings. The molecule has 2 aromatic heterocycles. The summed E-state index contributed by atoms with van der Waals surface area (Å²) in [6.07, 6.45) is -3.70. The van der Waals surface area contributed by atoms with E-state index in [4.69, 9.17) is 5.73 Å². The van der Waals surface area contributed by atoms with Crippen molar-refractivity contribution in [2.45, 2.75) is 25.6 Å². The molecule has 1 fully saturated rings. The van der Waals surface area contributed by atoms with Crippen molar-refractivity contribution in [3.05, 3.63) is 18.0 Å². The summed E-state index contributed by atoms with van der Waals surface area (Å²) in [6.45, 7) is 3.36. The van der Waals surface area contributed by atoms with Crippen LogP contribution < -0.4 is 10.6 Å². The monoisotopic (exact) mass is 300 g/mol. The topological polar surface area (TPSA) is 72.3 Å². The van der Waals surface area contributed by atoms with Crippen molar-refractivity contribution in [2.24, 2.45) is 11.7 Å². The van der Waals surface area contributed by atoms with Crippen molar-refractivity contribution in [3.8, 4) is 0 Å². The van der Waals surface area contributed by atoms with Gasteiger partial charge in [0.2, 0.25) is 0 Å². The predicted octanol–water partition coefficient (Wildman–Crippen LogP) is 1.32. The molecule has 0 radical (unpaired) electrons. The van der Waals surface area contributed by atoms with Gasteiger partial charge >= 0.3 is 6.18 Å². The highest BCUT2D eigenvalue weighted by molar-refractivity contribution is 5.46. The molecule has 114 valence electrons. The Morgan fingerprint density at radius 3 is 2.71 bits per heavy atom. The van der Waals surface area contributed by atoms with Gasteiger partial charge in [0.25, 0.3) is 5.82 Å². The molecule has 0 saturated carbocycles. The van der Waals surface area contributed by atoms with E-state index in [2.05, 4.69) is 22.2 Å². The number of anilines is 1. The molecule has 1 saturated heterocycles. The Morgan fingerprint density at radius 1 is 1.29 bits per heavy atom. The van der Waals surface area contributed by atoms with Crippen LogP contribution in [0.15, 0.2) is 12.1 Å². The molecule has 1 aliphatic heterocycles. The average Bonchev–Trinajstić information content (AvgIpc) is 2.84. The molecular weight excluding hydrogens is 285 g/mol. The molecular formula is C12H15F3N6. The van der Waals surface area contributed by atoms with Gasteiger partial charge in [-0.3, -0.25) is 0 Å². The van der Waals surface area contributed by atoms with E-state index in [-0.39, 0.29) is 11.7 Å². The maximum atomic E-state index is 12.8. The molecule has 2 atom stereocenters. The Labute approximate surface area is 118 Å².